The summed E-state index contributed by atoms with van der Waals surface area (Å²) in [7, 11) is 0. The normalized spacial score (nSPS) is 16.8. The van der Waals surface area contributed by atoms with Crippen molar-refractivity contribution in [3.63, 3.8) is 0 Å². The fourth-order valence-corrected chi connectivity index (χ4v) is 0.620. The first kappa shape index (κ1) is 6.93. The lowest BCUT2D eigenvalue weighted by molar-refractivity contribution is -0.107. The van der Waals surface area contributed by atoms with Gasteiger partial charge in [0.25, 0.3) is 0 Å². The highest BCUT2D eigenvalue weighted by molar-refractivity contribution is 6.00. The number of hydrogen-bond acceptors (Lipinski definition) is 1. The van der Waals surface area contributed by atoms with Crippen molar-refractivity contribution >= 4 is 12.0 Å². The number of hydrogen-bond donors (Lipinski definition) is 0. The molecule has 2 nitrogen and oxygen atoms in total. The van der Waals surface area contributed by atoms with Gasteiger partial charge in [-0.2, -0.15) is 5.41 Å². The molecule has 0 bridgehead atoms. The van der Waals surface area contributed by atoms with Crippen LogP contribution in [-0.2, 0) is 4.79 Å². The molecule has 48 valence electrons. The van der Waals surface area contributed by atoms with E-state index in [2.05, 4.69) is 12.5 Å². The van der Waals surface area contributed by atoms with Gasteiger partial charge in [0.05, 0.1) is 12.1 Å². The predicted molar refractivity (Wildman–Crippen MR) is 37.0 cm³/mol. The summed E-state index contributed by atoms with van der Waals surface area (Å²) in [5.41, 5.74) is 0.794. The minimum atomic E-state index is -0.0188. The summed E-state index contributed by atoms with van der Waals surface area (Å²) in [6.07, 6.45) is 9.35. The minimum Gasteiger partial charge on any atom is -0.303 e. The fourth-order valence-electron chi connectivity index (χ4n) is 0.620. The van der Waals surface area contributed by atoms with E-state index >= 15 is 0 Å². The molecule has 4 radical (unpaired) electrons. The number of allylic oxidation sites excluding steroid dienone is 4. The van der Waals surface area contributed by atoms with Crippen LogP contribution >= 0.6 is 0 Å². The monoisotopic (exact) mass is 131 g/mol. The van der Waals surface area contributed by atoms with Crippen LogP contribution in [0.5, 0.6) is 0 Å². The molecule has 0 N–H and O–H groups in total. The highest BCUT2D eigenvalue weighted by Gasteiger charge is 2.01. The van der Waals surface area contributed by atoms with Crippen molar-refractivity contribution in [1.82, 2.24) is 5.41 Å². The number of rotatable bonds is 2. The Balaban J connectivity index is 2.58. The van der Waals surface area contributed by atoms with Crippen LogP contribution in [0.1, 0.15) is 6.42 Å². The van der Waals surface area contributed by atoms with E-state index in [1.807, 2.05) is 0 Å². The molecule has 0 aromatic rings. The van der Waals surface area contributed by atoms with Crippen molar-refractivity contribution in [2.75, 3.05) is 0 Å². The second kappa shape index (κ2) is 3.11. The summed E-state index contributed by atoms with van der Waals surface area (Å²) >= 11 is 0. The zero-order valence-corrected chi connectivity index (χ0v) is 5.29. The Morgan fingerprint density at radius 3 is 3.00 bits per heavy atom. The van der Waals surface area contributed by atoms with Crippen LogP contribution in [-0.4, -0.2) is 12.0 Å². The van der Waals surface area contributed by atoms with Gasteiger partial charge in [0.1, 0.15) is 6.29 Å². The molecule has 0 saturated heterocycles. The Hall–Kier alpha value is -1.18. The number of aldehydes is 1. The molecule has 1 aliphatic carbocycles. The summed E-state index contributed by atoms with van der Waals surface area (Å²) < 4.78 is 0. The van der Waals surface area contributed by atoms with E-state index in [0.29, 0.717) is 6.42 Å². The Labute approximate surface area is 59.8 Å². The van der Waals surface area contributed by atoms with Gasteiger partial charge >= 0.3 is 0 Å². The van der Waals surface area contributed by atoms with E-state index in [0.717, 1.165) is 11.9 Å². The number of carbonyl (C=O) groups is 1. The van der Waals surface area contributed by atoms with Crippen molar-refractivity contribution in [3.05, 3.63) is 30.2 Å². The first-order valence-corrected chi connectivity index (χ1v) is 2.88. The van der Waals surface area contributed by atoms with E-state index in [1.54, 1.807) is 12.2 Å². The van der Waals surface area contributed by atoms with E-state index < -0.39 is 0 Å². The van der Waals surface area contributed by atoms with Gasteiger partial charge < -0.3 is 4.79 Å². The summed E-state index contributed by atoms with van der Waals surface area (Å²) in [6.45, 7) is 0. The molecular weight excluding hydrogens is 126 g/mol. The van der Waals surface area contributed by atoms with Crippen LogP contribution in [0.4, 0.5) is 0 Å². The maximum atomic E-state index is 9.97. The zero-order chi connectivity index (χ0) is 7.40. The molecule has 10 heavy (non-hydrogen) atoms. The number of carbonyl (C=O) groups excluding carboxylic acids is 1. The maximum absolute atomic E-state index is 9.97. The summed E-state index contributed by atoms with van der Waals surface area (Å²) in [6, 6.07) is 0. The second-order valence-electron chi connectivity index (χ2n) is 1.87. The lowest BCUT2D eigenvalue weighted by atomic mass is 10.0. The average Bonchev–Trinajstić information content (AvgIpc) is 1.95. The SMILES string of the molecule is [N]=C1[C]C=C(CC=O)C=[C]1. The molecule has 0 atom stereocenters. The Kier molecular flexibility index (Phi) is 2.15. The molecule has 1 rings (SSSR count). The molecule has 2 heteroatoms. The first-order valence-electron chi connectivity index (χ1n) is 2.88. The molecule has 0 saturated carbocycles. The minimum absolute atomic E-state index is 0.0188. The molecular formula is C8H5NO. The van der Waals surface area contributed by atoms with Crippen LogP contribution in [0.15, 0.2) is 17.7 Å². The molecule has 0 aromatic heterocycles. The molecule has 0 unspecified atom stereocenters. The van der Waals surface area contributed by atoms with E-state index in [1.165, 1.54) is 0 Å². The standard InChI is InChI=1S/C8H5NO/c9-8-3-1-7(2-4-8)5-6-10/h1-2,6H,5H2. The highest BCUT2D eigenvalue weighted by Crippen LogP contribution is 2.07. The van der Waals surface area contributed by atoms with Crippen LogP contribution in [0.2, 0.25) is 0 Å². The van der Waals surface area contributed by atoms with Gasteiger partial charge in [-0.3, -0.25) is 0 Å². The lowest BCUT2D eigenvalue weighted by Gasteiger charge is -1.99. The van der Waals surface area contributed by atoms with Crippen molar-refractivity contribution < 1.29 is 4.79 Å². The lowest BCUT2D eigenvalue weighted by Crippen LogP contribution is -2.00. The van der Waals surface area contributed by atoms with Gasteiger partial charge in [-0.25, -0.2) is 0 Å². The zero-order valence-electron chi connectivity index (χ0n) is 5.29. The molecule has 0 fully saturated rings. The van der Waals surface area contributed by atoms with Gasteiger partial charge in [-0.05, 0) is 11.6 Å². The van der Waals surface area contributed by atoms with Gasteiger partial charge in [-0.15, -0.1) is 0 Å². The highest BCUT2D eigenvalue weighted by atomic mass is 16.1. The van der Waals surface area contributed by atoms with E-state index in [9.17, 15) is 4.79 Å². The third-order valence-corrected chi connectivity index (χ3v) is 1.11. The van der Waals surface area contributed by atoms with Gasteiger partial charge in [0, 0.05) is 12.5 Å². The first-order chi connectivity index (χ1) is 4.83. The topological polar surface area (TPSA) is 39.4 Å². The van der Waals surface area contributed by atoms with Gasteiger partial charge in [0.2, 0.25) is 0 Å². The Morgan fingerprint density at radius 2 is 2.50 bits per heavy atom. The molecule has 0 aliphatic heterocycles. The number of nitrogens with zero attached hydrogens (tertiary/aromatic N) is 1. The Morgan fingerprint density at radius 1 is 1.70 bits per heavy atom. The average molecular weight is 131 g/mol. The molecule has 1 aliphatic rings. The van der Waals surface area contributed by atoms with Crippen LogP contribution in [0.3, 0.4) is 0 Å². The summed E-state index contributed by atoms with van der Waals surface area (Å²) in [5, 5.41) is 8.73. The maximum Gasteiger partial charge on any atom is 0.124 e. The van der Waals surface area contributed by atoms with Crippen molar-refractivity contribution in [3.8, 4) is 0 Å². The third kappa shape index (κ3) is 1.65. The Bertz CT molecular complexity index is 213. The van der Waals surface area contributed by atoms with Crippen molar-refractivity contribution in [1.29, 1.82) is 0 Å². The molecule has 0 heterocycles. The van der Waals surface area contributed by atoms with Crippen LogP contribution < -0.4 is 5.41 Å². The quantitative estimate of drug-likeness (QED) is 0.493. The van der Waals surface area contributed by atoms with E-state index in [4.69, 9.17) is 5.41 Å². The van der Waals surface area contributed by atoms with E-state index in [-0.39, 0.29) is 5.71 Å². The summed E-state index contributed by atoms with van der Waals surface area (Å²) in [4.78, 5) is 9.97. The predicted octanol–water partition coefficient (Wildman–Crippen LogP) is 0.197. The van der Waals surface area contributed by atoms with Gasteiger partial charge in [-0.1, -0.05) is 6.08 Å². The third-order valence-electron chi connectivity index (χ3n) is 1.11. The van der Waals surface area contributed by atoms with Crippen molar-refractivity contribution in [2.45, 2.75) is 6.42 Å². The van der Waals surface area contributed by atoms with Crippen LogP contribution in [0.25, 0.3) is 0 Å². The molecule has 0 amide bonds. The molecule has 0 aromatic carbocycles. The smallest absolute Gasteiger partial charge is 0.124 e. The largest absolute Gasteiger partial charge is 0.303 e. The second-order valence-corrected chi connectivity index (χ2v) is 1.87. The summed E-state index contributed by atoms with van der Waals surface area (Å²) in [5.74, 6) is 0. The molecule has 0 spiro atoms. The van der Waals surface area contributed by atoms with Crippen LogP contribution in [0, 0.1) is 12.5 Å². The fraction of sp³-hybridized carbons (Fsp3) is 0.125. The van der Waals surface area contributed by atoms with Crippen molar-refractivity contribution in [2.24, 2.45) is 0 Å². The van der Waals surface area contributed by atoms with Gasteiger partial charge in [0.15, 0.2) is 0 Å².